The van der Waals surface area contributed by atoms with Crippen LogP contribution < -0.4 is 0 Å². The average Bonchev–Trinajstić information content (AvgIpc) is 3.13. The maximum Gasteiger partial charge on any atom is 0.135 e. The maximum absolute atomic E-state index is 10.2. The summed E-state index contributed by atoms with van der Waals surface area (Å²) in [6.45, 7) is 16.1. The van der Waals surface area contributed by atoms with Crippen LogP contribution in [0.5, 0.6) is 0 Å². The van der Waals surface area contributed by atoms with E-state index in [9.17, 15) is 10.2 Å². The van der Waals surface area contributed by atoms with Gasteiger partial charge in [-0.15, -0.1) is 0 Å². The quantitative estimate of drug-likeness (QED) is 0.212. The molecule has 0 aromatic carbocycles. The van der Waals surface area contributed by atoms with Crippen LogP contribution in [-0.4, -0.2) is 48.0 Å². The summed E-state index contributed by atoms with van der Waals surface area (Å²) < 4.78 is 5.99. The van der Waals surface area contributed by atoms with Crippen LogP contribution >= 0.6 is 0 Å². The van der Waals surface area contributed by atoms with E-state index in [1.54, 1.807) is 6.08 Å². The van der Waals surface area contributed by atoms with Crippen LogP contribution in [0.1, 0.15) is 65.7 Å². The van der Waals surface area contributed by atoms with Gasteiger partial charge in [-0.05, 0) is 79.8 Å². The molecule has 0 aliphatic heterocycles. The lowest BCUT2D eigenvalue weighted by Gasteiger charge is -2.44. The van der Waals surface area contributed by atoms with E-state index in [2.05, 4.69) is 44.3 Å². The summed E-state index contributed by atoms with van der Waals surface area (Å²) in [6, 6.07) is 0. The number of allylic oxidation sites excluding steroid dienone is 3. The minimum atomic E-state index is -0.631. The fourth-order valence-corrected chi connectivity index (χ4v) is 6.41. The molecule has 0 radical (unpaired) electrons. The molecule has 0 saturated heterocycles. The summed E-state index contributed by atoms with van der Waals surface area (Å²) in [5.74, 6) is 1.72. The summed E-state index contributed by atoms with van der Waals surface area (Å²) in [4.78, 5) is 5.13. The number of oxime groups is 1. The van der Waals surface area contributed by atoms with Crippen molar-refractivity contribution in [2.75, 3.05) is 19.8 Å². The minimum absolute atomic E-state index is 0.296. The first-order valence-corrected chi connectivity index (χ1v) is 12.5. The summed E-state index contributed by atoms with van der Waals surface area (Å²) in [5.41, 5.74) is 4.42. The lowest BCUT2D eigenvalue weighted by atomic mass is 9.61. The second-order valence-electron chi connectivity index (χ2n) is 10.6. The van der Waals surface area contributed by atoms with Gasteiger partial charge >= 0.3 is 0 Å². The molecule has 0 amide bonds. The van der Waals surface area contributed by atoms with Gasteiger partial charge in [0.25, 0.3) is 0 Å². The predicted octanol–water partition coefficient (Wildman–Crippen LogP) is 5.36. The maximum atomic E-state index is 10.2. The van der Waals surface area contributed by atoms with Crippen molar-refractivity contribution in [2.45, 2.75) is 77.9 Å². The largest absolute Gasteiger partial charge is 0.393 e. The molecule has 3 aliphatic carbocycles. The summed E-state index contributed by atoms with van der Waals surface area (Å²) in [5, 5.41) is 24.2. The van der Waals surface area contributed by atoms with Gasteiger partial charge in [-0.1, -0.05) is 56.0 Å². The molecule has 0 aromatic heterocycles. The van der Waals surface area contributed by atoms with Gasteiger partial charge in [-0.3, -0.25) is 0 Å². The molecule has 3 saturated carbocycles. The molecule has 184 valence electrons. The van der Waals surface area contributed by atoms with Crippen molar-refractivity contribution >= 4 is 5.71 Å². The standard InChI is InChI=1S/C28H43NO4/c1-6-14-33-29-20(3)18-32-17-19(2)25-11-12-26-22(8-7-13-28(25,26)5)9-10-23-15-24(30)16-27(31)21(23)4/h6,9-10,19,24-27,30-31H,1,4,7-8,11-18H2,2-3,5H3/t19-,24-,25-,26+,27+,28-/m1/s1. The van der Waals surface area contributed by atoms with Crippen molar-refractivity contribution in [3.8, 4) is 0 Å². The highest BCUT2D eigenvalue weighted by Gasteiger charge is 2.50. The summed E-state index contributed by atoms with van der Waals surface area (Å²) in [6.07, 6.45) is 12.0. The molecule has 33 heavy (non-hydrogen) atoms. The van der Waals surface area contributed by atoms with Crippen LogP contribution in [0.2, 0.25) is 0 Å². The van der Waals surface area contributed by atoms with E-state index in [-0.39, 0.29) is 0 Å². The number of aliphatic hydroxyl groups excluding tert-OH is 2. The van der Waals surface area contributed by atoms with Crippen LogP contribution in [0.3, 0.4) is 0 Å². The Morgan fingerprint density at radius 3 is 2.85 bits per heavy atom. The molecule has 2 N–H and O–H groups in total. The monoisotopic (exact) mass is 457 g/mol. The molecule has 3 fully saturated rings. The van der Waals surface area contributed by atoms with Gasteiger partial charge in [-0.25, -0.2) is 0 Å². The summed E-state index contributed by atoms with van der Waals surface area (Å²) in [7, 11) is 0. The molecule has 0 unspecified atom stereocenters. The highest BCUT2D eigenvalue weighted by molar-refractivity contribution is 5.82. The number of rotatable bonds is 9. The molecule has 3 aliphatic rings. The Bertz CT molecular complexity index is 798. The predicted molar refractivity (Wildman–Crippen MR) is 134 cm³/mol. The zero-order valence-electron chi connectivity index (χ0n) is 20.8. The summed E-state index contributed by atoms with van der Waals surface area (Å²) >= 11 is 0. The Labute approximate surface area is 199 Å². The van der Waals surface area contributed by atoms with E-state index in [1.165, 1.54) is 31.3 Å². The number of nitrogens with zero attached hydrogens (tertiary/aromatic N) is 1. The van der Waals surface area contributed by atoms with E-state index in [0.29, 0.717) is 49.2 Å². The van der Waals surface area contributed by atoms with Crippen LogP contribution in [0, 0.1) is 23.2 Å². The van der Waals surface area contributed by atoms with Gasteiger partial charge in [0.05, 0.1) is 24.5 Å². The molecule has 5 nitrogen and oxygen atoms in total. The minimum Gasteiger partial charge on any atom is -0.393 e. The average molecular weight is 458 g/mol. The molecule has 0 bridgehead atoms. The lowest BCUT2D eigenvalue weighted by Crippen LogP contribution is -2.37. The van der Waals surface area contributed by atoms with E-state index >= 15 is 0 Å². The van der Waals surface area contributed by atoms with Crippen LogP contribution in [0.15, 0.2) is 53.3 Å². The molecule has 0 heterocycles. The molecule has 5 heteroatoms. The highest BCUT2D eigenvalue weighted by atomic mass is 16.6. The smallest absolute Gasteiger partial charge is 0.135 e. The first kappa shape index (κ1) is 25.9. The van der Waals surface area contributed by atoms with Crippen LogP contribution in [-0.2, 0) is 9.57 Å². The fourth-order valence-electron chi connectivity index (χ4n) is 6.41. The Hall–Kier alpha value is -1.69. The molecule has 3 rings (SSSR count). The van der Waals surface area contributed by atoms with E-state index in [4.69, 9.17) is 9.57 Å². The molecule has 0 aromatic rings. The number of aliphatic hydroxyl groups is 2. The number of ether oxygens (including phenoxy) is 1. The van der Waals surface area contributed by atoms with E-state index in [1.807, 2.05) is 6.92 Å². The van der Waals surface area contributed by atoms with Crippen molar-refractivity contribution in [2.24, 2.45) is 28.3 Å². The molecular weight excluding hydrogens is 414 g/mol. The number of hydrogen-bond acceptors (Lipinski definition) is 5. The fraction of sp³-hybridized carbons (Fsp3) is 0.679. The Morgan fingerprint density at radius 1 is 1.30 bits per heavy atom. The van der Waals surface area contributed by atoms with Crippen molar-refractivity contribution in [3.63, 3.8) is 0 Å². The van der Waals surface area contributed by atoms with E-state index < -0.39 is 12.2 Å². The molecule has 0 spiro atoms. The number of hydrogen-bond donors (Lipinski definition) is 2. The topological polar surface area (TPSA) is 71.3 Å². The third kappa shape index (κ3) is 6.26. The zero-order chi connectivity index (χ0) is 24.0. The van der Waals surface area contributed by atoms with Crippen molar-refractivity contribution in [3.05, 3.63) is 48.1 Å². The van der Waals surface area contributed by atoms with Crippen molar-refractivity contribution in [1.82, 2.24) is 0 Å². The first-order chi connectivity index (χ1) is 15.8. The Kier molecular flexibility index (Phi) is 9.14. The van der Waals surface area contributed by atoms with Gasteiger partial charge in [0.1, 0.15) is 6.61 Å². The van der Waals surface area contributed by atoms with Crippen molar-refractivity contribution in [1.29, 1.82) is 0 Å². The first-order valence-electron chi connectivity index (χ1n) is 12.5. The highest BCUT2D eigenvalue weighted by Crippen LogP contribution is 2.59. The van der Waals surface area contributed by atoms with Gasteiger partial charge in [0, 0.05) is 13.0 Å². The second kappa shape index (κ2) is 11.6. The van der Waals surface area contributed by atoms with Crippen LogP contribution in [0.4, 0.5) is 0 Å². The third-order valence-corrected chi connectivity index (χ3v) is 8.09. The number of fused-ring (bicyclic) bond motifs is 1. The van der Waals surface area contributed by atoms with Crippen molar-refractivity contribution < 1.29 is 19.8 Å². The van der Waals surface area contributed by atoms with Crippen LogP contribution in [0.25, 0.3) is 0 Å². The van der Waals surface area contributed by atoms with Gasteiger partial charge < -0.3 is 19.8 Å². The van der Waals surface area contributed by atoms with Gasteiger partial charge in [0.2, 0.25) is 0 Å². The zero-order valence-corrected chi connectivity index (χ0v) is 20.8. The molecular formula is C28H43NO4. The normalized spacial score (nSPS) is 36.2. The van der Waals surface area contributed by atoms with Gasteiger partial charge in [0.15, 0.2) is 0 Å². The Balaban J connectivity index is 1.62. The lowest BCUT2D eigenvalue weighted by molar-refractivity contribution is 0.0448. The SMILES string of the molecule is C=CCON=C(C)COC[C@@H](C)[C@H]1CC[C@H]2C(=CC=C3C[C@@H](O)C[C@H](O)C3=C)CCC[C@]12C. The molecule has 6 atom stereocenters. The third-order valence-electron chi connectivity index (χ3n) is 8.09. The Morgan fingerprint density at radius 2 is 2.09 bits per heavy atom. The van der Waals surface area contributed by atoms with E-state index in [0.717, 1.165) is 29.9 Å². The second-order valence-corrected chi connectivity index (χ2v) is 10.6. The van der Waals surface area contributed by atoms with Gasteiger partial charge in [-0.2, -0.15) is 0 Å².